The molecule has 0 aliphatic rings. The summed E-state index contributed by atoms with van der Waals surface area (Å²) in [6, 6.07) is 23.8. The number of carbonyl (C=O) groups excluding carboxylic acids is 1. The molecule has 31 heavy (non-hydrogen) atoms. The van der Waals surface area contributed by atoms with Gasteiger partial charge in [0.2, 0.25) is 0 Å². The molecule has 4 aromatic rings. The first kappa shape index (κ1) is 19.7. The molecule has 152 valence electrons. The third-order valence-electron chi connectivity index (χ3n) is 4.67. The molecule has 0 aliphatic heterocycles. The second-order valence-electron chi connectivity index (χ2n) is 6.61. The normalized spacial score (nSPS) is 10.5. The summed E-state index contributed by atoms with van der Waals surface area (Å²) >= 11 is 0. The summed E-state index contributed by atoms with van der Waals surface area (Å²) in [5.74, 6) is -0.769. The average Bonchev–Trinajstić information content (AvgIpc) is 2.80. The van der Waals surface area contributed by atoms with E-state index in [1.165, 1.54) is 18.2 Å². The van der Waals surface area contributed by atoms with Gasteiger partial charge in [-0.3, -0.25) is 19.7 Å². The van der Waals surface area contributed by atoms with Gasteiger partial charge in [-0.25, -0.2) is 5.10 Å². The molecule has 4 rings (SSSR count). The van der Waals surface area contributed by atoms with Crippen molar-refractivity contribution in [2.75, 3.05) is 5.32 Å². The minimum Gasteiger partial charge on any atom is -0.316 e. The van der Waals surface area contributed by atoms with Gasteiger partial charge in [0.25, 0.3) is 17.2 Å². The second kappa shape index (κ2) is 8.42. The molecule has 1 heterocycles. The monoisotopic (exact) mass is 412 g/mol. The van der Waals surface area contributed by atoms with Gasteiger partial charge in [-0.05, 0) is 11.6 Å². The Morgan fingerprint density at radius 3 is 2.10 bits per heavy atom. The SMILES string of the molecule is O=C(Nc1ccccc1[N+](=O)[O-])c1c(-c2ccccc2)c(-c2ccccc2)n[nH]c1=O. The Morgan fingerprint density at radius 1 is 0.871 bits per heavy atom. The number of nitro groups is 1. The number of aromatic nitrogens is 2. The zero-order chi connectivity index (χ0) is 21.8. The van der Waals surface area contributed by atoms with Crippen molar-refractivity contribution in [1.29, 1.82) is 0 Å². The molecule has 0 radical (unpaired) electrons. The summed E-state index contributed by atoms with van der Waals surface area (Å²) in [7, 11) is 0. The van der Waals surface area contributed by atoms with E-state index < -0.39 is 16.4 Å². The highest BCUT2D eigenvalue weighted by molar-refractivity contribution is 6.11. The highest BCUT2D eigenvalue weighted by Crippen LogP contribution is 2.32. The van der Waals surface area contributed by atoms with Crippen LogP contribution in [-0.4, -0.2) is 21.0 Å². The van der Waals surface area contributed by atoms with Gasteiger partial charge in [0.1, 0.15) is 11.3 Å². The predicted molar refractivity (Wildman–Crippen MR) is 117 cm³/mol. The fourth-order valence-corrected chi connectivity index (χ4v) is 3.28. The molecule has 0 fully saturated rings. The molecule has 0 atom stereocenters. The summed E-state index contributed by atoms with van der Waals surface area (Å²) in [6.07, 6.45) is 0. The van der Waals surface area contributed by atoms with Gasteiger partial charge in [-0.1, -0.05) is 72.8 Å². The topological polar surface area (TPSA) is 118 Å². The van der Waals surface area contributed by atoms with Crippen molar-refractivity contribution in [3.8, 4) is 22.4 Å². The van der Waals surface area contributed by atoms with E-state index in [1.807, 2.05) is 36.4 Å². The van der Waals surface area contributed by atoms with E-state index in [-0.39, 0.29) is 16.9 Å². The van der Waals surface area contributed by atoms with E-state index >= 15 is 0 Å². The molecule has 0 unspecified atom stereocenters. The summed E-state index contributed by atoms with van der Waals surface area (Å²) in [5.41, 5.74) is 0.920. The van der Waals surface area contributed by atoms with Crippen LogP contribution in [0.4, 0.5) is 11.4 Å². The van der Waals surface area contributed by atoms with Gasteiger partial charge in [0.15, 0.2) is 0 Å². The number of amides is 1. The predicted octanol–water partition coefficient (Wildman–Crippen LogP) is 4.26. The number of hydrogen-bond donors (Lipinski definition) is 2. The second-order valence-corrected chi connectivity index (χ2v) is 6.61. The molecule has 0 saturated carbocycles. The Hall–Kier alpha value is -4.59. The molecule has 0 saturated heterocycles. The van der Waals surface area contributed by atoms with Crippen LogP contribution >= 0.6 is 0 Å². The highest BCUT2D eigenvalue weighted by atomic mass is 16.6. The molecule has 1 aromatic heterocycles. The lowest BCUT2D eigenvalue weighted by molar-refractivity contribution is -0.383. The third kappa shape index (κ3) is 3.95. The Kier molecular flexibility index (Phi) is 5.35. The van der Waals surface area contributed by atoms with Crippen LogP contribution in [0.5, 0.6) is 0 Å². The van der Waals surface area contributed by atoms with Crippen molar-refractivity contribution in [2.45, 2.75) is 0 Å². The quantitative estimate of drug-likeness (QED) is 0.375. The number of carbonyl (C=O) groups is 1. The number of anilines is 1. The van der Waals surface area contributed by atoms with Crippen LogP contribution in [0.3, 0.4) is 0 Å². The van der Waals surface area contributed by atoms with Gasteiger partial charge >= 0.3 is 0 Å². The third-order valence-corrected chi connectivity index (χ3v) is 4.67. The number of para-hydroxylation sites is 2. The maximum Gasteiger partial charge on any atom is 0.292 e. The van der Waals surface area contributed by atoms with E-state index in [4.69, 9.17) is 0 Å². The first-order valence-corrected chi connectivity index (χ1v) is 9.34. The van der Waals surface area contributed by atoms with Crippen molar-refractivity contribution in [2.24, 2.45) is 0 Å². The number of H-pyrrole nitrogens is 1. The average molecular weight is 412 g/mol. The summed E-state index contributed by atoms with van der Waals surface area (Å²) in [6.45, 7) is 0. The molecule has 0 bridgehead atoms. The number of aromatic amines is 1. The smallest absolute Gasteiger partial charge is 0.292 e. The molecule has 0 aliphatic carbocycles. The first-order chi connectivity index (χ1) is 15.1. The molecule has 2 N–H and O–H groups in total. The lowest BCUT2D eigenvalue weighted by Crippen LogP contribution is -2.26. The number of nitrogens with zero attached hydrogens (tertiary/aromatic N) is 2. The Bertz CT molecular complexity index is 1320. The number of nitrogens with one attached hydrogen (secondary N) is 2. The van der Waals surface area contributed by atoms with Crippen molar-refractivity contribution in [3.63, 3.8) is 0 Å². The Balaban J connectivity index is 1.91. The standard InChI is InChI=1S/C23H16N4O4/c28-22(24-17-13-7-8-14-18(17)27(30)31)20-19(15-9-3-1-4-10-15)21(25-26-23(20)29)16-11-5-2-6-12-16/h1-14H,(H,24,28)(H,26,29). The number of nitro benzene ring substituents is 1. The maximum absolute atomic E-state index is 13.2. The summed E-state index contributed by atoms with van der Waals surface area (Å²) in [4.78, 5) is 36.7. The van der Waals surface area contributed by atoms with Crippen LogP contribution in [0, 0.1) is 10.1 Å². The molecular formula is C23H16N4O4. The molecular weight excluding hydrogens is 396 g/mol. The Morgan fingerprint density at radius 2 is 1.45 bits per heavy atom. The lowest BCUT2D eigenvalue weighted by Gasteiger charge is -2.14. The van der Waals surface area contributed by atoms with E-state index in [0.717, 1.165) is 0 Å². The lowest BCUT2D eigenvalue weighted by atomic mass is 9.95. The highest BCUT2D eigenvalue weighted by Gasteiger charge is 2.24. The fraction of sp³-hybridized carbons (Fsp3) is 0. The number of rotatable bonds is 5. The van der Waals surface area contributed by atoms with Gasteiger partial charge in [-0.15, -0.1) is 0 Å². The fourth-order valence-electron chi connectivity index (χ4n) is 3.28. The van der Waals surface area contributed by atoms with Crippen LogP contribution in [0.15, 0.2) is 89.7 Å². The Labute approximate surface area is 176 Å². The van der Waals surface area contributed by atoms with E-state index in [1.54, 1.807) is 30.3 Å². The van der Waals surface area contributed by atoms with Gasteiger partial charge in [0, 0.05) is 17.2 Å². The van der Waals surface area contributed by atoms with E-state index in [0.29, 0.717) is 22.4 Å². The van der Waals surface area contributed by atoms with Crippen LogP contribution in [-0.2, 0) is 0 Å². The minimum atomic E-state index is -0.769. The largest absolute Gasteiger partial charge is 0.316 e. The van der Waals surface area contributed by atoms with Gasteiger partial charge in [-0.2, -0.15) is 5.10 Å². The minimum absolute atomic E-state index is 0.00557. The zero-order valence-electron chi connectivity index (χ0n) is 16.1. The molecule has 8 nitrogen and oxygen atoms in total. The molecule has 1 amide bonds. The van der Waals surface area contributed by atoms with Gasteiger partial charge < -0.3 is 5.32 Å². The first-order valence-electron chi connectivity index (χ1n) is 9.34. The number of hydrogen-bond acceptors (Lipinski definition) is 5. The van der Waals surface area contributed by atoms with Crippen LogP contribution in [0.25, 0.3) is 22.4 Å². The van der Waals surface area contributed by atoms with E-state index in [2.05, 4.69) is 15.5 Å². The van der Waals surface area contributed by atoms with E-state index in [9.17, 15) is 19.7 Å². The summed E-state index contributed by atoms with van der Waals surface area (Å²) in [5, 5.41) is 20.4. The van der Waals surface area contributed by atoms with Crippen molar-refractivity contribution >= 4 is 17.3 Å². The van der Waals surface area contributed by atoms with Crippen molar-refractivity contribution in [3.05, 3.63) is 111 Å². The molecule has 8 heteroatoms. The maximum atomic E-state index is 13.2. The van der Waals surface area contributed by atoms with Gasteiger partial charge in [0.05, 0.1) is 10.6 Å². The molecule has 0 spiro atoms. The zero-order valence-corrected chi connectivity index (χ0v) is 16.1. The summed E-state index contributed by atoms with van der Waals surface area (Å²) < 4.78 is 0. The van der Waals surface area contributed by atoms with Crippen molar-refractivity contribution < 1.29 is 9.72 Å². The number of benzene rings is 3. The van der Waals surface area contributed by atoms with Crippen LogP contribution < -0.4 is 10.9 Å². The van der Waals surface area contributed by atoms with Crippen LogP contribution in [0.2, 0.25) is 0 Å². The van der Waals surface area contributed by atoms with Crippen LogP contribution in [0.1, 0.15) is 10.4 Å². The molecule has 3 aromatic carbocycles. The van der Waals surface area contributed by atoms with Crippen molar-refractivity contribution in [1.82, 2.24) is 10.2 Å².